The first-order valence-electron chi connectivity index (χ1n) is 5.54. The van der Waals surface area contributed by atoms with E-state index in [1.807, 2.05) is 24.3 Å². The molecule has 0 aliphatic carbocycles. The number of carbonyl (C=O) groups is 1. The lowest BCUT2D eigenvalue weighted by Gasteiger charge is -2.15. The zero-order valence-corrected chi connectivity index (χ0v) is 10.6. The molecule has 0 aliphatic rings. The third-order valence-electron chi connectivity index (χ3n) is 2.49. The molecule has 1 aromatic heterocycles. The third kappa shape index (κ3) is 2.84. The number of hydrogen-bond acceptors (Lipinski definition) is 5. The number of carbonyl (C=O) groups excluding carboxylic acids is 1. The minimum Gasteiger partial charge on any atom is -0.388 e. The summed E-state index contributed by atoms with van der Waals surface area (Å²) in [7, 11) is 0. The van der Waals surface area contributed by atoms with Crippen LogP contribution in [0.3, 0.4) is 0 Å². The molecule has 2 unspecified atom stereocenters. The molecule has 1 heterocycles. The lowest BCUT2D eigenvalue weighted by atomic mass is 10.2. The maximum absolute atomic E-state index is 10.7. The van der Waals surface area contributed by atoms with Crippen molar-refractivity contribution in [1.29, 1.82) is 0 Å². The summed E-state index contributed by atoms with van der Waals surface area (Å²) in [5.74, 6) is -0.245. The number of hydrogen-bond donors (Lipinski definition) is 3. The number of nitrogens with one attached hydrogen (secondary N) is 1. The highest BCUT2D eigenvalue weighted by Crippen LogP contribution is 2.27. The lowest BCUT2D eigenvalue weighted by molar-refractivity contribution is -0.119. The van der Waals surface area contributed by atoms with Crippen molar-refractivity contribution in [3.05, 3.63) is 29.3 Å². The van der Waals surface area contributed by atoms with Crippen LogP contribution in [0.4, 0.5) is 0 Å². The van der Waals surface area contributed by atoms with E-state index in [1.54, 1.807) is 0 Å². The molecule has 2 atom stereocenters. The molecule has 0 radical (unpaired) electrons. The normalized spacial score (nSPS) is 14.4. The van der Waals surface area contributed by atoms with Gasteiger partial charge in [0.1, 0.15) is 17.2 Å². The van der Waals surface area contributed by atoms with Crippen LogP contribution in [0.15, 0.2) is 24.3 Å². The highest BCUT2D eigenvalue weighted by Gasteiger charge is 2.22. The minimum atomic E-state index is -1.09. The molecule has 0 aliphatic heterocycles. The van der Waals surface area contributed by atoms with Crippen molar-refractivity contribution < 1.29 is 15.0 Å². The predicted octanol–water partition coefficient (Wildman–Crippen LogP) is 0.827. The third-order valence-corrected chi connectivity index (χ3v) is 3.60. The number of para-hydroxylation sites is 1. The molecule has 0 bridgehead atoms. The first-order valence-corrected chi connectivity index (χ1v) is 6.35. The van der Waals surface area contributed by atoms with E-state index in [2.05, 4.69) is 10.3 Å². The molecule has 0 spiro atoms. The standard InChI is InChI=1S/C12H14N2O3S/c1-7(15)13-6-9(16)11(17)12-14-8-4-2-3-5-10(8)18-12/h2-5,9,11,16-17H,6H2,1H3,(H,13,15). The molecule has 6 heteroatoms. The Kier molecular flexibility index (Phi) is 3.90. The van der Waals surface area contributed by atoms with Gasteiger partial charge >= 0.3 is 0 Å². The maximum Gasteiger partial charge on any atom is 0.216 e. The molecule has 0 saturated carbocycles. The Bertz CT molecular complexity index is 522. The van der Waals surface area contributed by atoms with Crippen molar-refractivity contribution in [1.82, 2.24) is 10.3 Å². The van der Waals surface area contributed by atoms with Crippen molar-refractivity contribution in [2.75, 3.05) is 6.54 Å². The molecule has 0 saturated heterocycles. The van der Waals surface area contributed by atoms with E-state index in [9.17, 15) is 15.0 Å². The van der Waals surface area contributed by atoms with Crippen LogP contribution in [0.5, 0.6) is 0 Å². The van der Waals surface area contributed by atoms with Crippen molar-refractivity contribution >= 4 is 27.5 Å². The van der Waals surface area contributed by atoms with Crippen molar-refractivity contribution in [2.24, 2.45) is 0 Å². The number of nitrogens with zero attached hydrogens (tertiary/aromatic N) is 1. The predicted molar refractivity (Wildman–Crippen MR) is 69.3 cm³/mol. The van der Waals surface area contributed by atoms with Crippen LogP contribution in [-0.2, 0) is 4.79 Å². The number of amides is 1. The summed E-state index contributed by atoms with van der Waals surface area (Å²) in [6.45, 7) is 1.36. The van der Waals surface area contributed by atoms with Gasteiger partial charge in [-0.2, -0.15) is 0 Å². The summed E-state index contributed by atoms with van der Waals surface area (Å²) in [5, 5.41) is 22.6. The summed E-state index contributed by atoms with van der Waals surface area (Å²) < 4.78 is 0.957. The average Bonchev–Trinajstić information content (AvgIpc) is 2.78. The molecule has 5 nitrogen and oxygen atoms in total. The van der Waals surface area contributed by atoms with Crippen LogP contribution in [0.1, 0.15) is 18.0 Å². The molecule has 0 fully saturated rings. The highest BCUT2D eigenvalue weighted by molar-refractivity contribution is 7.18. The summed E-state index contributed by atoms with van der Waals surface area (Å²) >= 11 is 1.33. The Balaban J connectivity index is 2.12. The second-order valence-electron chi connectivity index (χ2n) is 3.97. The first-order chi connectivity index (χ1) is 8.58. The monoisotopic (exact) mass is 266 g/mol. The Morgan fingerprint density at radius 2 is 2.17 bits per heavy atom. The number of benzene rings is 1. The van der Waals surface area contributed by atoms with Crippen LogP contribution < -0.4 is 5.32 Å². The van der Waals surface area contributed by atoms with Crippen LogP contribution in [0.2, 0.25) is 0 Å². The topological polar surface area (TPSA) is 82.5 Å². The smallest absolute Gasteiger partial charge is 0.216 e. The summed E-state index contributed by atoms with van der Waals surface area (Å²) in [4.78, 5) is 15.0. The van der Waals surface area contributed by atoms with Gasteiger partial charge in [-0.1, -0.05) is 12.1 Å². The van der Waals surface area contributed by atoms with Gasteiger partial charge in [-0.15, -0.1) is 11.3 Å². The highest BCUT2D eigenvalue weighted by atomic mass is 32.1. The van der Waals surface area contributed by atoms with Gasteiger partial charge in [0, 0.05) is 13.5 Å². The Morgan fingerprint density at radius 1 is 1.44 bits per heavy atom. The quantitative estimate of drug-likeness (QED) is 0.765. The second kappa shape index (κ2) is 5.43. The van der Waals surface area contributed by atoms with Crippen molar-refractivity contribution in [3.8, 4) is 0 Å². The fraction of sp³-hybridized carbons (Fsp3) is 0.333. The second-order valence-corrected chi connectivity index (χ2v) is 5.03. The zero-order valence-electron chi connectivity index (χ0n) is 9.83. The van der Waals surface area contributed by atoms with E-state index >= 15 is 0 Å². The van der Waals surface area contributed by atoms with E-state index in [-0.39, 0.29) is 12.5 Å². The van der Waals surface area contributed by atoms with Crippen LogP contribution in [0.25, 0.3) is 10.2 Å². The van der Waals surface area contributed by atoms with Crippen molar-refractivity contribution in [3.63, 3.8) is 0 Å². The van der Waals surface area contributed by atoms with Gasteiger partial charge in [0.15, 0.2) is 0 Å². The van der Waals surface area contributed by atoms with Gasteiger partial charge in [0.05, 0.1) is 10.2 Å². The lowest BCUT2D eigenvalue weighted by Crippen LogP contribution is -2.34. The molecule has 2 rings (SSSR count). The number of rotatable bonds is 4. The number of aromatic nitrogens is 1. The van der Waals surface area contributed by atoms with E-state index in [1.165, 1.54) is 18.3 Å². The molecule has 18 heavy (non-hydrogen) atoms. The molecule has 1 amide bonds. The van der Waals surface area contributed by atoms with Gasteiger partial charge in [0.25, 0.3) is 0 Å². The van der Waals surface area contributed by atoms with Crippen LogP contribution in [-0.4, -0.2) is 33.8 Å². The van der Waals surface area contributed by atoms with Gasteiger partial charge in [-0.25, -0.2) is 4.98 Å². The number of aliphatic hydroxyl groups is 2. The average molecular weight is 266 g/mol. The SMILES string of the molecule is CC(=O)NCC(O)C(O)c1nc2ccccc2s1. The summed E-state index contributed by atoms with van der Waals surface area (Å²) in [6.07, 6.45) is -2.15. The zero-order chi connectivity index (χ0) is 13.1. The first kappa shape index (κ1) is 12.9. The summed E-state index contributed by atoms with van der Waals surface area (Å²) in [5.41, 5.74) is 0.795. The van der Waals surface area contributed by atoms with Gasteiger partial charge in [-0.05, 0) is 12.1 Å². The molecule has 1 aromatic carbocycles. The maximum atomic E-state index is 10.7. The molecule has 3 N–H and O–H groups in total. The molecule has 96 valence electrons. The molecule has 2 aromatic rings. The van der Waals surface area contributed by atoms with E-state index in [4.69, 9.17) is 0 Å². The van der Waals surface area contributed by atoms with Crippen LogP contribution >= 0.6 is 11.3 Å². The van der Waals surface area contributed by atoms with Gasteiger partial charge < -0.3 is 15.5 Å². The number of thiazole rings is 1. The molecular weight excluding hydrogens is 252 g/mol. The fourth-order valence-corrected chi connectivity index (χ4v) is 2.55. The largest absolute Gasteiger partial charge is 0.388 e. The minimum absolute atomic E-state index is 0.00637. The van der Waals surface area contributed by atoms with E-state index < -0.39 is 12.2 Å². The van der Waals surface area contributed by atoms with Crippen molar-refractivity contribution in [2.45, 2.75) is 19.1 Å². The van der Waals surface area contributed by atoms with Gasteiger partial charge in [0.2, 0.25) is 5.91 Å². The summed E-state index contributed by atoms with van der Waals surface area (Å²) in [6, 6.07) is 7.52. The Hall–Kier alpha value is -1.50. The fourth-order valence-electron chi connectivity index (χ4n) is 1.54. The van der Waals surface area contributed by atoms with E-state index in [0.717, 1.165) is 10.2 Å². The van der Waals surface area contributed by atoms with Crippen LogP contribution in [0, 0.1) is 0 Å². The van der Waals surface area contributed by atoms with Gasteiger partial charge in [-0.3, -0.25) is 4.79 Å². The Morgan fingerprint density at radius 3 is 2.83 bits per heavy atom. The van der Waals surface area contributed by atoms with E-state index in [0.29, 0.717) is 5.01 Å². The molecular formula is C12H14N2O3S. The Labute approximate surface area is 108 Å². The number of fused-ring (bicyclic) bond motifs is 1. The number of aliphatic hydroxyl groups excluding tert-OH is 2.